The van der Waals surface area contributed by atoms with Crippen LogP contribution in [0.1, 0.15) is 11.1 Å². The third-order valence-electron chi connectivity index (χ3n) is 6.97. The molecule has 228 valence electrons. The van der Waals surface area contributed by atoms with Crippen molar-refractivity contribution in [1.82, 2.24) is 19.4 Å². The van der Waals surface area contributed by atoms with E-state index in [0.29, 0.717) is 61.9 Å². The average molecular weight is 649 g/mol. The van der Waals surface area contributed by atoms with Crippen molar-refractivity contribution < 1.29 is 19.0 Å². The summed E-state index contributed by atoms with van der Waals surface area (Å²) in [6.07, 6.45) is 1.36. The van der Waals surface area contributed by atoms with E-state index in [-0.39, 0.29) is 17.2 Å². The van der Waals surface area contributed by atoms with Gasteiger partial charge in [0.1, 0.15) is 10.4 Å². The summed E-state index contributed by atoms with van der Waals surface area (Å²) >= 11 is 8.13. The maximum absolute atomic E-state index is 14.0. The molecule has 0 aliphatic heterocycles. The third-order valence-corrected chi connectivity index (χ3v) is 9.33. The number of hydrogen-bond donors (Lipinski definition) is 1. The number of rotatable bonds is 13. The molecule has 1 N–H and O–H groups in total. The minimum Gasteiger partial charge on any atom is -0.495 e. The van der Waals surface area contributed by atoms with Crippen LogP contribution >= 0.6 is 35.3 Å². The first-order chi connectivity index (χ1) is 21.4. The van der Waals surface area contributed by atoms with Gasteiger partial charge < -0.3 is 24.1 Å². The Kier molecular flexibility index (Phi) is 10.4. The van der Waals surface area contributed by atoms with Gasteiger partial charge in [0, 0.05) is 13.1 Å². The van der Waals surface area contributed by atoms with Gasteiger partial charge in [0.05, 0.1) is 32.8 Å². The second kappa shape index (κ2) is 14.6. The number of carbonyl (C=O) groups is 1. The number of methoxy groups -OCH3 is 3. The molecule has 0 fully saturated rings. The predicted molar refractivity (Wildman–Crippen MR) is 178 cm³/mol. The summed E-state index contributed by atoms with van der Waals surface area (Å²) in [4.78, 5) is 31.9. The molecule has 1 amide bonds. The molecule has 0 unspecified atom stereocenters. The molecule has 0 aliphatic carbocycles. The van der Waals surface area contributed by atoms with Crippen molar-refractivity contribution in [2.45, 2.75) is 24.5 Å². The lowest BCUT2D eigenvalue weighted by Gasteiger charge is -2.15. The molecular formula is C32H32N4O5S3. The highest BCUT2D eigenvalue weighted by Gasteiger charge is 2.21. The van der Waals surface area contributed by atoms with Gasteiger partial charge in [-0.2, -0.15) is 0 Å². The van der Waals surface area contributed by atoms with Crippen LogP contribution in [0.5, 0.6) is 17.2 Å². The number of carbonyl (C=O) groups excluding carboxylic acids is 1. The Morgan fingerprint density at radius 1 is 0.909 bits per heavy atom. The van der Waals surface area contributed by atoms with Gasteiger partial charge in [-0.25, -0.2) is 4.98 Å². The molecule has 5 aromatic rings. The SMILES string of the molecule is COc1ccc(CCNC(=O)CSc2nc3c(sc(=S)n3CCc3ccccc3)c(=O)n2-c2ccccc2OC)cc1OC. The minimum atomic E-state index is -0.259. The van der Waals surface area contributed by atoms with E-state index in [4.69, 9.17) is 31.4 Å². The Labute approximate surface area is 268 Å². The Morgan fingerprint density at radius 2 is 1.64 bits per heavy atom. The van der Waals surface area contributed by atoms with E-state index in [2.05, 4.69) is 17.4 Å². The first-order valence-corrected chi connectivity index (χ1v) is 16.1. The summed E-state index contributed by atoms with van der Waals surface area (Å²) in [5.74, 6) is 1.69. The topological polar surface area (TPSA) is 96.6 Å². The van der Waals surface area contributed by atoms with Gasteiger partial charge in [0.2, 0.25) is 5.91 Å². The Bertz CT molecular complexity index is 1890. The highest BCUT2D eigenvalue weighted by Crippen LogP contribution is 2.30. The molecule has 0 saturated heterocycles. The fourth-order valence-corrected chi connectivity index (χ4v) is 6.89. The van der Waals surface area contributed by atoms with Crippen molar-refractivity contribution in [1.29, 1.82) is 0 Å². The van der Waals surface area contributed by atoms with Crippen LogP contribution in [0.15, 0.2) is 82.7 Å². The van der Waals surface area contributed by atoms with E-state index >= 15 is 0 Å². The summed E-state index contributed by atoms with van der Waals surface area (Å²) in [6.45, 7) is 1.01. The number of hydrogen-bond acceptors (Lipinski definition) is 9. The number of ether oxygens (including phenoxy) is 3. The van der Waals surface area contributed by atoms with Gasteiger partial charge >= 0.3 is 0 Å². The van der Waals surface area contributed by atoms with Crippen molar-refractivity contribution >= 4 is 51.6 Å². The number of aryl methyl sites for hydroxylation is 2. The van der Waals surface area contributed by atoms with Crippen LogP contribution in [-0.2, 0) is 24.2 Å². The van der Waals surface area contributed by atoms with Gasteiger partial charge in [-0.05, 0) is 60.5 Å². The number of amides is 1. The van der Waals surface area contributed by atoms with Crippen LogP contribution < -0.4 is 25.1 Å². The van der Waals surface area contributed by atoms with Crippen LogP contribution in [0.3, 0.4) is 0 Å². The number of thioether (sulfide) groups is 1. The van der Waals surface area contributed by atoms with Gasteiger partial charge in [0.15, 0.2) is 26.3 Å². The molecule has 0 spiro atoms. The standard InChI is InChI=1S/C32H32N4O5S3/c1-39-24-12-8-7-11-23(24)36-30(38)28-29(35(32(42)44-28)18-16-21-9-5-4-6-10-21)34-31(36)43-20-27(37)33-17-15-22-13-14-25(40-2)26(19-22)41-3/h4-14,19H,15-18,20H2,1-3H3,(H,33,37). The quantitative estimate of drug-likeness (QED) is 0.0988. The van der Waals surface area contributed by atoms with Gasteiger partial charge in [-0.1, -0.05) is 71.6 Å². The van der Waals surface area contributed by atoms with E-state index in [1.807, 2.05) is 53.1 Å². The number of thiazole rings is 1. The van der Waals surface area contributed by atoms with Crippen molar-refractivity contribution in [3.63, 3.8) is 0 Å². The molecule has 2 heterocycles. The highest BCUT2D eigenvalue weighted by molar-refractivity contribution is 7.99. The number of fused-ring (bicyclic) bond motifs is 1. The molecule has 0 atom stereocenters. The normalized spacial score (nSPS) is 11.0. The van der Waals surface area contributed by atoms with E-state index < -0.39 is 0 Å². The predicted octanol–water partition coefficient (Wildman–Crippen LogP) is 5.70. The highest BCUT2D eigenvalue weighted by atomic mass is 32.2. The van der Waals surface area contributed by atoms with E-state index in [9.17, 15) is 9.59 Å². The number of nitrogens with one attached hydrogen (secondary N) is 1. The Balaban J connectivity index is 1.40. The van der Waals surface area contributed by atoms with Crippen LogP contribution in [0, 0.1) is 3.95 Å². The smallest absolute Gasteiger partial charge is 0.278 e. The van der Waals surface area contributed by atoms with Crippen LogP contribution in [-0.4, -0.2) is 53.7 Å². The molecule has 2 aromatic heterocycles. The summed E-state index contributed by atoms with van der Waals surface area (Å²) in [7, 11) is 4.74. The molecule has 9 nitrogen and oxygen atoms in total. The van der Waals surface area contributed by atoms with Crippen LogP contribution in [0.4, 0.5) is 0 Å². The van der Waals surface area contributed by atoms with Gasteiger partial charge in [-0.3, -0.25) is 14.2 Å². The zero-order valence-electron chi connectivity index (χ0n) is 24.6. The molecule has 12 heteroatoms. The lowest BCUT2D eigenvalue weighted by Crippen LogP contribution is -2.28. The average Bonchev–Trinajstić information content (AvgIpc) is 3.38. The summed E-state index contributed by atoms with van der Waals surface area (Å²) < 4.78 is 20.7. The first kappa shape index (κ1) is 31.3. The molecular weight excluding hydrogens is 617 g/mol. The van der Waals surface area contributed by atoms with Crippen molar-refractivity contribution in [2.75, 3.05) is 33.6 Å². The lowest BCUT2D eigenvalue weighted by atomic mass is 10.1. The van der Waals surface area contributed by atoms with Crippen LogP contribution in [0.2, 0.25) is 0 Å². The molecule has 0 radical (unpaired) electrons. The Hall–Kier alpha value is -4.13. The number of nitrogens with zero attached hydrogens (tertiary/aromatic N) is 3. The van der Waals surface area contributed by atoms with E-state index in [0.717, 1.165) is 17.5 Å². The molecule has 0 saturated carbocycles. The zero-order chi connectivity index (χ0) is 31.1. The summed E-state index contributed by atoms with van der Waals surface area (Å²) in [5.41, 5.74) is 2.97. The third kappa shape index (κ3) is 6.98. The largest absolute Gasteiger partial charge is 0.495 e. The zero-order valence-corrected chi connectivity index (χ0v) is 27.0. The second-order valence-corrected chi connectivity index (χ2v) is 12.3. The maximum atomic E-state index is 14.0. The van der Waals surface area contributed by atoms with Crippen molar-refractivity contribution in [2.24, 2.45) is 0 Å². The summed E-state index contributed by atoms with van der Waals surface area (Å²) in [5, 5.41) is 3.34. The first-order valence-electron chi connectivity index (χ1n) is 13.9. The molecule has 5 rings (SSSR count). The molecule has 44 heavy (non-hydrogen) atoms. The number of para-hydroxylation sites is 2. The van der Waals surface area contributed by atoms with Gasteiger partial charge in [-0.15, -0.1) is 0 Å². The monoisotopic (exact) mass is 648 g/mol. The maximum Gasteiger partial charge on any atom is 0.278 e. The minimum absolute atomic E-state index is 0.0634. The number of aromatic nitrogens is 3. The second-order valence-electron chi connectivity index (χ2n) is 9.69. The summed E-state index contributed by atoms with van der Waals surface area (Å²) in [6, 6.07) is 23.0. The molecule has 0 aliphatic rings. The van der Waals surface area contributed by atoms with Crippen LogP contribution in [0.25, 0.3) is 16.0 Å². The van der Waals surface area contributed by atoms with Crippen molar-refractivity contribution in [3.8, 4) is 22.9 Å². The van der Waals surface area contributed by atoms with Gasteiger partial charge in [0.25, 0.3) is 5.56 Å². The fraction of sp³-hybridized carbons (Fsp3) is 0.250. The lowest BCUT2D eigenvalue weighted by molar-refractivity contribution is -0.118. The molecule has 3 aromatic carbocycles. The number of benzene rings is 3. The van der Waals surface area contributed by atoms with E-state index in [1.165, 1.54) is 27.7 Å². The molecule has 0 bridgehead atoms. The fourth-order valence-electron chi connectivity index (χ4n) is 4.75. The van der Waals surface area contributed by atoms with Crippen molar-refractivity contribution in [3.05, 3.63) is 98.2 Å². The van der Waals surface area contributed by atoms with E-state index in [1.54, 1.807) is 33.5 Å². The Morgan fingerprint density at radius 3 is 2.39 bits per heavy atom.